The van der Waals surface area contributed by atoms with Gasteiger partial charge in [-0.25, -0.2) is 0 Å². The summed E-state index contributed by atoms with van der Waals surface area (Å²) in [5, 5.41) is 6.12. The van der Waals surface area contributed by atoms with Crippen LogP contribution in [-0.2, 0) is 0 Å². The Morgan fingerprint density at radius 1 is 1.50 bits per heavy atom. The zero-order valence-electron chi connectivity index (χ0n) is 3.92. The Morgan fingerprint density at radius 2 is 1.88 bits per heavy atom. The van der Waals surface area contributed by atoms with Crippen LogP contribution in [0, 0.1) is 5.41 Å². The van der Waals surface area contributed by atoms with Crippen LogP contribution in [0.25, 0.3) is 0 Å². The van der Waals surface area contributed by atoms with E-state index in [1.807, 2.05) is 0 Å². The van der Waals surface area contributed by atoms with Gasteiger partial charge in [-0.05, 0) is 0 Å². The molecule has 0 unspecified atom stereocenters. The molecule has 0 aliphatic carbocycles. The Labute approximate surface area is 44.3 Å². The predicted molar refractivity (Wildman–Crippen MR) is 24.0 cm³/mol. The van der Waals surface area contributed by atoms with Gasteiger partial charge in [0, 0.05) is 6.21 Å². The lowest BCUT2D eigenvalue weighted by atomic mass is 10.3. The van der Waals surface area contributed by atoms with Crippen LogP contribution in [-0.4, -0.2) is 12.4 Å². The van der Waals surface area contributed by atoms with Gasteiger partial charge < -0.3 is 5.41 Å². The minimum Gasteiger partial charge on any atom is -0.308 e. The molecule has 0 amide bonds. The number of halogens is 3. The van der Waals surface area contributed by atoms with Crippen LogP contribution in [0.15, 0.2) is 12.2 Å². The van der Waals surface area contributed by atoms with E-state index >= 15 is 0 Å². The fourth-order valence-electron chi connectivity index (χ4n) is 0.0818. The van der Waals surface area contributed by atoms with Crippen LogP contribution >= 0.6 is 0 Å². The van der Waals surface area contributed by atoms with Crippen molar-refractivity contribution in [3.05, 3.63) is 12.2 Å². The maximum absolute atomic E-state index is 11.2. The largest absolute Gasteiger partial charge is 0.417 e. The summed E-state index contributed by atoms with van der Waals surface area (Å²) in [5.74, 6) is 0. The van der Waals surface area contributed by atoms with E-state index in [1.165, 1.54) is 0 Å². The molecule has 0 aliphatic rings. The molecular formula is C4H4F3N. The molecule has 0 aromatic carbocycles. The van der Waals surface area contributed by atoms with Crippen molar-refractivity contribution in [2.24, 2.45) is 0 Å². The second-order valence-electron chi connectivity index (χ2n) is 1.17. The number of allylic oxidation sites excluding steroid dienone is 1. The van der Waals surface area contributed by atoms with E-state index in [0.29, 0.717) is 0 Å². The molecule has 0 spiro atoms. The molecule has 46 valence electrons. The van der Waals surface area contributed by atoms with Crippen molar-refractivity contribution in [3.8, 4) is 0 Å². The Balaban J connectivity index is 4.02. The van der Waals surface area contributed by atoms with E-state index in [0.717, 1.165) is 0 Å². The summed E-state index contributed by atoms with van der Waals surface area (Å²) in [6.45, 7) is 2.58. The van der Waals surface area contributed by atoms with Crippen molar-refractivity contribution >= 4 is 6.21 Å². The molecule has 8 heavy (non-hydrogen) atoms. The number of nitrogens with one attached hydrogen (secondary N) is 1. The summed E-state index contributed by atoms with van der Waals surface area (Å²) < 4.78 is 33.6. The van der Waals surface area contributed by atoms with Gasteiger partial charge in [-0.3, -0.25) is 0 Å². The lowest BCUT2D eigenvalue weighted by Gasteiger charge is -2.01. The third kappa shape index (κ3) is 1.77. The summed E-state index contributed by atoms with van der Waals surface area (Å²) in [4.78, 5) is 0. The van der Waals surface area contributed by atoms with Crippen molar-refractivity contribution in [1.82, 2.24) is 0 Å². The van der Waals surface area contributed by atoms with Gasteiger partial charge in [0.05, 0.1) is 5.57 Å². The summed E-state index contributed by atoms with van der Waals surface area (Å²) in [6, 6.07) is 0. The molecule has 0 heterocycles. The first-order valence-electron chi connectivity index (χ1n) is 1.75. The van der Waals surface area contributed by atoms with Gasteiger partial charge in [0.1, 0.15) is 0 Å². The van der Waals surface area contributed by atoms with Crippen molar-refractivity contribution in [1.29, 1.82) is 5.41 Å². The Hall–Kier alpha value is -0.800. The van der Waals surface area contributed by atoms with Gasteiger partial charge in [0.25, 0.3) is 0 Å². The molecule has 0 rings (SSSR count). The monoisotopic (exact) mass is 123 g/mol. The molecule has 0 saturated heterocycles. The van der Waals surface area contributed by atoms with E-state index in [2.05, 4.69) is 6.58 Å². The number of hydrogen-bond donors (Lipinski definition) is 1. The first-order chi connectivity index (χ1) is 3.48. The van der Waals surface area contributed by atoms with Gasteiger partial charge in [0.2, 0.25) is 0 Å². The molecule has 0 aliphatic heterocycles. The van der Waals surface area contributed by atoms with E-state index in [1.54, 1.807) is 0 Å². The molecular weight excluding hydrogens is 119 g/mol. The Kier molecular flexibility index (Phi) is 1.78. The molecule has 0 atom stereocenters. The highest BCUT2D eigenvalue weighted by Crippen LogP contribution is 2.21. The summed E-state index contributed by atoms with van der Waals surface area (Å²) in [5.41, 5.74) is -1.13. The highest BCUT2D eigenvalue weighted by Gasteiger charge is 2.29. The lowest BCUT2D eigenvalue weighted by molar-refractivity contribution is -0.0852. The zero-order chi connectivity index (χ0) is 6.78. The Bertz CT molecular complexity index is 113. The molecule has 1 nitrogen and oxygen atoms in total. The Morgan fingerprint density at radius 3 is 1.88 bits per heavy atom. The predicted octanol–water partition coefficient (Wildman–Crippen LogP) is 1.75. The molecule has 0 fully saturated rings. The van der Waals surface area contributed by atoms with Crippen LogP contribution in [0.3, 0.4) is 0 Å². The van der Waals surface area contributed by atoms with Crippen LogP contribution in [0.5, 0.6) is 0 Å². The maximum Gasteiger partial charge on any atom is 0.417 e. The maximum atomic E-state index is 11.2. The molecule has 0 bridgehead atoms. The van der Waals surface area contributed by atoms with Crippen molar-refractivity contribution < 1.29 is 13.2 Å². The highest BCUT2D eigenvalue weighted by atomic mass is 19.4. The molecule has 4 heteroatoms. The van der Waals surface area contributed by atoms with Crippen LogP contribution in [0.4, 0.5) is 13.2 Å². The average Bonchev–Trinajstić information content (AvgIpc) is 1.62. The van der Waals surface area contributed by atoms with E-state index in [-0.39, 0.29) is 6.21 Å². The summed E-state index contributed by atoms with van der Waals surface area (Å²) in [6.07, 6.45) is -4.25. The molecule has 0 radical (unpaired) electrons. The fourth-order valence-corrected chi connectivity index (χ4v) is 0.0818. The topological polar surface area (TPSA) is 23.9 Å². The highest BCUT2D eigenvalue weighted by molar-refractivity contribution is 5.76. The third-order valence-corrected chi connectivity index (χ3v) is 0.538. The minimum absolute atomic E-state index is 0.181. The van der Waals surface area contributed by atoms with Crippen LogP contribution in [0.2, 0.25) is 0 Å². The van der Waals surface area contributed by atoms with Crippen LogP contribution in [0.1, 0.15) is 0 Å². The smallest absolute Gasteiger partial charge is 0.308 e. The lowest BCUT2D eigenvalue weighted by Crippen LogP contribution is -2.10. The summed E-state index contributed by atoms with van der Waals surface area (Å²) in [7, 11) is 0. The molecule has 0 aromatic rings. The van der Waals surface area contributed by atoms with Gasteiger partial charge >= 0.3 is 6.18 Å². The number of rotatable bonds is 1. The normalized spacial score (nSPS) is 10.9. The molecule has 0 aromatic heterocycles. The number of alkyl halides is 3. The molecule has 1 N–H and O–H groups in total. The standard InChI is InChI=1S/C4H4F3N/c1-3(2-8)4(5,6)7/h2,8H,1H2. The molecule has 0 saturated carbocycles. The van der Waals surface area contributed by atoms with E-state index in [4.69, 9.17) is 5.41 Å². The van der Waals surface area contributed by atoms with Gasteiger partial charge in [0.15, 0.2) is 0 Å². The van der Waals surface area contributed by atoms with Gasteiger partial charge in [-0.2, -0.15) is 13.2 Å². The van der Waals surface area contributed by atoms with Crippen molar-refractivity contribution in [3.63, 3.8) is 0 Å². The SMILES string of the molecule is C=C(C=N)C(F)(F)F. The quantitative estimate of drug-likeness (QED) is 0.513. The first-order valence-corrected chi connectivity index (χ1v) is 1.75. The second-order valence-corrected chi connectivity index (χ2v) is 1.17. The van der Waals surface area contributed by atoms with Gasteiger partial charge in [-0.15, -0.1) is 0 Å². The zero-order valence-corrected chi connectivity index (χ0v) is 3.92. The van der Waals surface area contributed by atoms with Crippen molar-refractivity contribution in [2.45, 2.75) is 6.18 Å². The minimum atomic E-state index is -4.43. The number of hydrogen-bond acceptors (Lipinski definition) is 1. The average molecular weight is 123 g/mol. The van der Waals surface area contributed by atoms with E-state index in [9.17, 15) is 13.2 Å². The van der Waals surface area contributed by atoms with Gasteiger partial charge in [-0.1, -0.05) is 6.58 Å². The van der Waals surface area contributed by atoms with Crippen LogP contribution < -0.4 is 0 Å². The van der Waals surface area contributed by atoms with E-state index < -0.39 is 11.7 Å². The third-order valence-electron chi connectivity index (χ3n) is 0.538. The fraction of sp³-hybridized carbons (Fsp3) is 0.250. The second kappa shape index (κ2) is 1.98. The summed E-state index contributed by atoms with van der Waals surface area (Å²) >= 11 is 0. The first kappa shape index (κ1) is 7.20. The van der Waals surface area contributed by atoms with Crippen molar-refractivity contribution in [2.75, 3.05) is 0 Å².